The van der Waals surface area contributed by atoms with Crippen LogP contribution < -0.4 is 0 Å². The van der Waals surface area contributed by atoms with E-state index in [-0.39, 0.29) is 5.56 Å². The maximum atomic E-state index is 13.3. The third kappa shape index (κ3) is 1.99. The van der Waals surface area contributed by atoms with Crippen LogP contribution in [-0.2, 0) is 0 Å². The van der Waals surface area contributed by atoms with Crippen molar-refractivity contribution in [1.29, 1.82) is 0 Å². The highest BCUT2D eigenvalue weighted by Crippen LogP contribution is 2.29. The van der Waals surface area contributed by atoms with Crippen molar-refractivity contribution in [2.45, 2.75) is 5.38 Å². The van der Waals surface area contributed by atoms with Crippen LogP contribution in [0.15, 0.2) is 30.5 Å². The lowest BCUT2D eigenvalue weighted by Crippen LogP contribution is -1.98. The van der Waals surface area contributed by atoms with Crippen LogP contribution in [0.2, 0.25) is 0 Å². The van der Waals surface area contributed by atoms with Gasteiger partial charge in [-0.2, -0.15) is 5.10 Å². The minimum absolute atomic E-state index is 0.224. The van der Waals surface area contributed by atoms with Crippen LogP contribution in [-0.4, -0.2) is 10.2 Å². The van der Waals surface area contributed by atoms with Crippen molar-refractivity contribution >= 4 is 11.6 Å². The van der Waals surface area contributed by atoms with Crippen molar-refractivity contribution in [3.05, 3.63) is 53.4 Å². The second kappa shape index (κ2) is 3.98. The molecule has 1 atom stereocenters. The highest BCUT2D eigenvalue weighted by Gasteiger charge is 2.16. The SMILES string of the molecule is Fc1ccc(C(Cl)c2ccn[nH]2)c(F)c1. The molecule has 2 aromatic rings. The Morgan fingerprint density at radius 2 is 2.07 bits per heavy atom. The quantitative estimate of drug-likeness (QED) is 0.787. The molecule has 1 N–H and O–H groups in total. The molecule has 15 heavy (non-hydrogen) atoms. The molecule has 0 aliphatic rings. The van der Waals surface area contributed by atoms with E-state index in [1.54, 1.807) is 6.07 Å². The highest BCUT2D eigenvalue weighted by atomic mass is 35.5. The average molecular weight is 229 g/mol. The summed E-state index contributed by atoms with van der Waals surface area (Å²) < 4.78 is 26.0. The summed E-state index contributed by atoms with van der Waals surface area (Å²) in [7, 11) is 0. The van der Waals surface area contributed by atoms with Gasteiger partial charge in [0.25, 0.3) is 0 Å². The van der Waals surface area contributed by atoms with Crippen molar-refractivity contribution in [3.63, 3.8) is 0 Å². The molecule has 2 nitrogen and oxygen atoms in total. The molecular formula is C10H7ClF2N2. The first kappa shape index (κ1) is 10.1. The van der Waals surface area contributed by atoms with Crippen molar-refractivity contribution in [3.8, 4) is 0 Å². The second-order valence-corrected chi connectivity index (χ2v) is 3.48. The molecule has 2 rings (SSSR count). The summed E-state index contributed by atoms with van der Waals surface area (Å²) in [4.78, 5) is 0. The number of alkyl halides is 1. The van der Waals surface area contributed by atoms with E-state index in [0.717, 1.165) is 6.07 Å². The second-order valence-electron chi connectivity index (χ2n) is 3.04. The Morgan fingerprint density at radius 3 is 2.67 bits per heavy atom. The Hall–Kier alpha value is -1.42. The fourth-order valence-electron chi connectivity index (χ4n) is 1.28. The summed E-state index contributed by atoms with van der Waals surface area (Å²) in [5.74, 6) is -1.28. The molecule has 0 saturated carbocycles. The topological polar surface area (TPSA) is 28.7 Å². The largest absolute Gasteiger partial charge is 0.281 e. The van der Waals surface area contributed by atoms with E-state index in [0.29, 0.717) is 5.69 Å². The third-order valence-corrected chi connectivity index (χ3v) is 2.50. The molecule has 0 aliphatic carbocycles. The lowest BCUT2D eigenvalue weighted by atomic mass is 10.1. The van der Waals surface area contributed by atoms with Gasteiger partial charge < -0.3 is 0 Å². The highest BCUT2D eigenvalue weighted by molar-refractivity contribution is 6.22. The van der Waals surface area contributed by atoms with E-state index in [2.05, 4.69) is 10.2 Å². The molecule has 5 heteroatoms. The standard InChI is InChI=1S/C10H7ClF2N2/c11-10(9-3-4-14-15-9)7-2-1-6(12)5-8(7)13/h1-5,10H,(H,14,15). The summed E-state index contributed by atoms with van der Waals surface area (Å²) in [6.45, 7) is 0. The lowest BCUT2D eigenvalue weighted by Gasteiger charge is -2.08. The van der Waals surface area contributed by atoms with E-state index in [4.69, 9.17) is 11.6 Å². The molecular weight excluding hydrogens is 222 g/mol. The molecule has 0 saturated heterocycles. The number of aromatic amines is 1. The van der Waals surface area contributed by atoms with Crippen LogP contribution in [0.4, 0.5) is 8.78 Å². The number of aromatic nitrogens is 2. The predicted octanol–water partition coefficient (Wildman–Crippen LogP) is 3.02. The van der Waals surface area contributed by atoms with Gasteiger partial charge >= 0.3 is 0 Å². The van der Waals surface area contributed by atoms with Crippen LogP contribution in [0.3, 0.4) is 0 Å². The number of nitrogens with one attached hydrogen (secondary N) is 1. The number of nitrogens with zero attached hydrogens (tertiary/aromatic N) is 1. The van der Waals surface area contributed by atoms with E-state index in [1.807, 2.05) is 0 Å². The number of benzene rings is 1. The normalized spacial score (nSPS) is 12.7. The van der Waals surface area contributed by atoms with Gasteiger partial charge in [0.2, 0.25) is 0 Å². The third-order valence-electron chi connectivity index (χ3n) is 2.03. The fourth-order valence-corrected chi connectivity index (χ4v) is 1.58. The van der Waals surface area contributed by atoms with Gasteiger partial charge in [-0.25, -0.2) is 8.78 Å². The Morgan fingerprint density at radius 1 is 1.27 bits per heavy atom. The molecule has 0 amide bonds. The van der Waals surface area contributed by atoms with Gasteiger partial charge in [-0.05, 0) is 12.1 Å². The van der Waals surface area contributed by atoms with Crippen LogP contribution in [0, 0.1) is 11.6 Å². The fraction of sp³-hybridized carbons (Fsp3) is 0.100. The maximum absolute atomic E-state index is 13.3. The van der Waals surface area contributed by atoms with Crippen LogP contribution >= 0.6 is 11.6 Å². The zero-order valence-electron chi connectivity index (χ0n) is 7.55. The summed E-state index contributed by atoms with van der Waals surface area (Å²) in [6, 6.07) is 4.94. The molecule has 0 fully saturated rings. The van der Waals surface area contributed by atoms with Gasteiger partial charge in [0.1, 0.15) is 17.0 Å². The van der Waals surface area contributed by atoms with Crippen molar-refractivity contribution in [1.82, 2.24) is 10.2 Å². The summed E-state index contributed by atoms with van der Waals surface area (Å²) in [6.07, 6.45) is 1.52. The Balaban J connectivity index is 2.38. The summed E-state index contributed by atoms with van der Waals surface area (Å²) in [5.41, 5.74) is 0.796. The number of H-pyrrole nitrogens is 1. The molecule has 1 aromatic heterocycles. The van der Waals surface area contributed by atoms with Gasteiger partial charge in [-0.3, -0.25) is 5.10 Å². The maximum Gasteiger partial charge on any atom is 0.131 e. The van der Waals surface area contributed by atoms with E-state index < -0.39 is 17.0 Å². The van der Waals surface area contributed by atoms with Crippen molar-refractivity contribution in [2.75, 3.05) is 0 Å². The molecule has 1 unspecified atom stereocenters. The monoisotopic (exact) mass is 228 g/mol. The number of halogens is 3. The molecule has 0 radical (unpaired) electrons. The van der Waals surface area contributed by atoms with E-state index >= 15 is 0 Å². The number of hydrogen-bond donors (Lipinski definition) is 1. The molecule has 1 aromatic carbocycles. The summed E-state index contributed by atoms with van der Waals surface area (Å²) in [5, 5.41) is 5.66. The first-order valence-electron chi connectivity index (χ1n) is 4.27. The molecule has 78 valence electrons. The molecule has 0 aliphatic heterocycles. The molecule has 1 heterocycles. The van der Waals surface area contributed by atoms with E-state index in [9.17, 15) is 8.78 Å². The van der Waals surface area contributed by atoms with Crippen LogP contribution in [0.25, 0.3) is 0 Å². The smallest absolute Gasteiger partial charge is 0.131 e. The van der Waals surface area contributed by atoms with Gasteiger partial charge in [0.05, 0.1) is 5.69 Å². The van der Waals surface area contributed by atoms with Gasteiger partial charge in [-0.15, -0.1) is 11.6 Å². The first-order chi connectivity index (χ1) is 7.18. The summed E-state index contributed by atoms with van der Waals surface area (Å²) >= 11 is 6.00. The van der Waals surface area contributed by atoms with Crippen LogP contribution in [0.5, 0.6) is 0 Å². The van der Waals surface area contributed by atoms with Gasteiger partial charge in [0.15, 0.2) is 0 Å². The van der Waals surface area contributed by atoms with Crippen molar-refractivity contribution in [2.24, 2.45) is 0 Å². The Labute approximate surface area is 89.9 Å². The Kier molecular flexibility index (Phi) is 2.68. The zero-order chi connectivity index (χ0) is 10.8. The predicted molar refractivity (Wildman–Crippen MR) is 52.6 cm³/mol. The molecule has 0 spiro atoms. The van der Waals surface area contributed by atoms with Crippen molar-refractivity contribution < 1.29 is 8.78 Å². The number of rotatable bonds is 2. The zero-order valence-corrected chi connectivity index (χ0v) is 8.30. The first-order valence-corrected chi connectivity index (χ1v) is 4.70. The minimum atomic E-state index is -0.687. The van der Waals surface area contributed by atoms with Gasteiger partial charge in [-0.1, -0.05) is 6.07 Å². The average Bonchev–Trinajstić information content (AvgIpc) is 2.69. The van der Waals surface area contributed by atoms with Gasteiger partial charge in [0, 0.05) is 17.8 Å². The lowest BCUT2D eigenvalue weighted by molar-refractivity contribution is 0.573. The van der Waals surface area contributed by atoms with E-state index in [1.165, 1.54) is 18.3 Å². The Bertz CT molecular complexity index is 456. The minimum Gasteiger partial charge on any atom is -0.281 e. The number of hydrogen-bond acceptors (Lipinski definition) is 1. The van der Waals surface area contributed by atoms with Crippen LogP contribution in [0.1, 0.15) is 16.6 Å². The molecule has 0 bridgehead atoms.